The standard InChI is InChI=1S/C12H14N4O2S/c1-3-18-11(17)8-5-4-6-9(13)10(8)15-12-14-7(2)16-19-12/h4-6H,3,13H2,1-2H3,(H,14,15,16). The van der Waals surface area contributed by atoms with Crippen molar-refractivity contribution in [1.82, 2.24) is 9.36 Å². The number of esters is 1. The van der Waals surface area contributed by atoms with Gasteiger partial charge in [-0.25, -0.2) is 9.78 Å². The lowest BCUT2D eigenvalue weighted by Crippen LogP contribution is -2.09. The fourth-order valence-electron chi connectivity index (χ4n) is 1.54. The number of ether oxygens (including phenoxy) is 1. The van der Waals surface area contributed by atoms with E-state index in [2.05, 4.69) is 14.7 Å². The molecule has 0 aliphatic carbocycles. The van der Waals surface area contributed by atoms with Crippen molar-refractivity contribution in [2.24, 2.45) is 0 Å². The average Bonchev–Trinajstić information content (AvgIpc) is 2.78. The fraction of sp³-hybridized carbons (Fsp3) is 0.250. The van der Waals surface area contributed by atoms with Gasteiger partial charge in [-0.05, 0) is 26.0 Å². The van der Waals surface area contributed by atoms with Crippen molar-refractivity contribution in [2.75, 3.05) is 17.7 Å². The highest BCUT2D eigenvalue weighted by molar-refractivity contribution is 7.09. The molecule has 0 amide bonds. The van der Waals surface area contributed by atoms with E-state index in [0.717, 1.165) is 0 Å². The number of aromatic nitrogens is 2. The quantitative estimate of drug-likeness (QED) is 0.659. The average molecular weight is 278 g/mol. The highest BCUT2D eigenvalue weighted by atomic mass is 32.1. The second-order valence-corrected chi connectivity index (χ2v) is 4.51. The first-order valence-electron chi connectivity index (χ1n) is 5.74. The van der Waals surface area contributed by atoms with E-state index in [1.54, 1.807) is 32.0 Å². The van der Waals surface area contributed by atoms with Gasteiger partial charge >= 0.3 is 5.97 Å². The molecule has 0 fully saturated rings. The van der Waals surface area contributed by atoms with Crippen molar-refractivity contribution in [3.8, 4) is 0 Å². The molecule has 1 aromatic heterocycles. The van der Waals surface area contributed by atoms with Gasteiger partial charge in [0.2, 0.25) is 5.13 Å². The molecule has 0 aliphatic rings. The van der Waals surface area contributed by atoms with Gasteiger partial charge in [0, 0.05) is 11.5 Å². The molecule has 1 aromatic carbocycles. The van der Waals surface area contributed by atoms with Gasteiger partial charge in [-0.15, -0.1) is 0 Å². The maximum Gasteiger partial charge on any atom is 0.340 e. The summed E-state index contributed by atoms with van der Waals surface area (Å²) in [6.45, 7) is 3.86. The Morgan fingerprint density at radius 2 is 2.32 bits per heavy atom. The normalized spacial score (nSPS) is 10.2. The highest BCUT2D eigenvalue weighted by Crippen LogP contribution is 2.28. The number of aryl methyl sites for hydroxylation is 1. The van der Waals surface area contributed by atoms with Crippen molar-refractivity contribution >= 4 is 34.0 Å². The molecule has 0 saturated heterocycles. The van der Waals surface area contributed by atoms with Crippen molar-refractivity contribution in [3.05, 3.63) is 29.6 Å². The van der Waals surface area contributed by atoms with Crippen LogP contribution in [0.4, 0.5) is 16.5 Å². The van der Waals surface area contributed by atoms with Crippen LogP contribution in [0.15, 0.2) is 18.2 Å². The Hall–Kier alpha value is -2.15. The molecule has 7 heteroatoms. The van der Waals surface area contributed by atoms with E-state index in [1.807, 2.05) is 0 Å². The van der Waals surface area contributed by atoms with Crippen LogP contribution in [-0.4, -0.2) is 21.9 Å². The van der Waals surface area contributed by atoms with Crippen LogP contribution < -0.4 is 11.1 Å². The van der Waals surface area contributed by atoms with Gasteiger partial charge in [-0.2, -0.15) is 4.37 Å². The second-order valence-electron chi connectivity index (χ2n) is 3.76. The Kier molecular flexibility index (Phi) is 3.96. The Morgan fingerprint density at radius 3 is 2.95 bits per heavy atom. The molecule has 3 N–H and O–H groups in total. The number of carbonyl (C=O) groups is 1. The minimum absolute atomic E-state index is 0.311. The van der Waals surface area contributed by atoms with Crippen molar-refractivity contribution in [3.63, 3.8) is 0 Å². The third kappa shape index (κ3) is 3.00. The Labute approximate surface area is 114 Å². The molecule has 100 valence electrons. The number of benzene rings is 1. The molecule has 2 aromatic rings. The molecule has 0 radical (unpaired) electrons. The lowest BCUT2D eigenvalue weighted by molar-refractivity contribution is 0.0527. The van der Waals surface area contributed by atoms with E-state index in [1.165, 1.54) is 11.5 Å². The lowest BCUT2D eigenvalue weighted by atomic mass is 10.1. The van der Waals surface area contributed by atoms with Crippen LogP contribution in [0.5, 0.6) is 0 Å². The molecule has 0 spiro atoms. The van der Waals surface area contributed by atoms with E-state index < -0.39 is 5.97 Å². The van der Waals surface area contributed by atoms with Crippen LogP contribution in [0.2, 0.25) is 0 Å². The van der Waals surface area contributed by atoms with Crippen LogP contribution in [0, 0.1) is 6.92 Å². The Morgan fingerprint density at radius 1 is 1.53 bits per heavy atom. The monoisotopic (exact) mass is 278 g/mol. The third-order valence-corrected chi connectivity index (χ3v) is 3.07. The maximum absolute atomic E-state index is 11.9. The van der Waals surface area contributed by atoms with Crippen molar-refractivity contribution in [1.29, 1.82) is 0 Å². The number of rotatable bonds is 4. The summed E-state index contributed by atoms with van der Waals surface area (Å²) >= 11 is 1.21. The molecule has 1 heterocycles. The highest BCUT2D eigenvalue weighted by Gasteiger charge is 2.16. The summed E-state index contributed by atoms with van der Waals surface area (Å²) in [7, 11) is 0. The summed E-state index contributed by atoms with van der Waals surface area (Å²) in [6, 6.07) is 5.07. The minimum Gasteiger partial charge on any atom is -0.462 e. The zero-order valence-corrected chi connectivity index (χ0v) is 11.5. The van der Waals surface area contributed by atoms with Gasteiger partial charge in [-0.3, -0.25) is 0 Å². The van der Waals surface area contributed by atoms with Gasteiger partial charge in [0.15, 0.2) is 0 Å². The number of anilines is 3. The molecular formula is C12H14N4O2S. The number of nitrogens with zero attached hydrogens (tertiary/aromatic N) is 2. The van der Waals surface area contributed by atoms with Crippen LogP contribution in [0.3, 0.4) is 0 Å². The van der Waals surface area contributed by atoms with E-state index >= 15 is 0 Å². The SMILES string of the molecule is CCOC(=O)c1cccc(N)c1Nc1nc(C)ns1. The Bertz CT molecular complexity index is 597. The van der Waals surface area contributed by atoms with Gasteiger partial charge < -0.3 is 15.8 Å². The smallest absolute Gasteiger partial charge is 0.340 e. The number of para-hydroxylation sites is 1. The molecular weight excluding hydrogens is 264 g/mol. The van der Waals surface area contributed by atoms with E-state index in [0.29, 0.717) is 34.5 Å². The summed E-state index contributed by atoms with van der Waals surface area (Å²) in [5.41, 5.74) is 7.23. The summed E-state index contributed by atoms with van der Waals surface area (Å²) in [5, 5.41) is 3.60. The van der Waals surface area contributed by atoms with Gasteiger partial charge in [0.05, 0.1) is 23.5 Å². The zero-order chi connectivity index (χ0) is 13.8. The number of nitrogens with two attached hydrogens (primary N) is 1. The largest absolute Gasteiger partial charge is 0.462 e. The molecule has 2 rings (SSSR count). The van der Waals surface area contributed by atoms with Crippen LogP contribution in [0.25, 0.3) is 0 Å². The number of carbonyl (C=O) groups excluding carboxylic acids is 1. The molecule has 19 heavy (non-hydrogen) atoms. The third-order valence-electron chi connectivity index (χ3n) is 2.35. The molecule has 6 nitrogen and oxygen atoms in total. The van der Waals surface area contributed by atoms with Crippen molar-refractivity contribution in [2.45, 2.75) is 13.8 Å². The molecule has 0 atom stereocenters. The summed E-state index contributed by atoms with van der Waals surface area (Å²) in [4.78, 5) is 16.0. The molecule has 0 unspecified atom stereocenters. The van der Waals surface area contributed by atoms with Crippen molar-refractivity contribution < 1.29 is 9.53 Å². The maximum atomic E-state index is 11.9. The van der Waals surface area contributed by atoms with Gasteiger partial charge in [-0.1, -0.05) is 6.07 Å². The zero-order valence-electron chi connectivity index (χ0n) is 10.6. The summed E-state index contributed by atoms with van der Waals surface area (Å²) in [6.07, 6.45) is 0. The van der Waals surface area contributed by atoms with E-state index in [9.17, 15) is 4.79 Å². The van der Waals surface area contributed by atoms with Gasteiger partial charge in [0.25, 0.3) is 0 Å². The number of hydrogen-bond acceptors (Lipinski definition) is 7. The van der Waals surface area contributed by atoms with Crippen LogP contribution >= 0.6 is 11.5 Å². The van der Waals surface area contributed by atoms with Crippen LogP contribution in [-0.2, 0) is 4.74 Å². The Balaban J connectivity index is 2.35. The first kappa shape index (κ1) is 13.3. The van der Waals surface area contributed by atoms with Crippen LogP contribution in [0.1, 0.15) is 23.1 Å². The summed E-state index contributed by atoms with van der Waals surface area (Å²) < 4.78 is 9.06. The molecule has 0 saturated carbocycles. The lowest BCUT2D eigenvalue weighted by Gasteiger charge is -2.11. The van der Waals surface area contributed by atoms with Gasteiger partial charge in [0.1, 0.15) is 5.82 Å². The first-order valence-corrected chi connectivity index (χ1v) is 6.52. The predicted molar refractivity (Wildman–Crippen MR) is 74.7 cm³/mol. The molecule has 0 bridgehead atoms. The number of nitrogen functional groups attached to an aromatic ring is 1. The van der Waals surface area contributed by atoms with E-state index in [4.69, 9.17) is 10.5 Å². The van der Waals surface area contributed by atoms with E-state index in [-0.39, 0.29) is 0 Å². The number of nitrogens with one attached hydrogen (secondary N) is 1. The predicted octanol–water partition coefficient (Wildman–Crippen LogP) is 2.35. The fourth-order valence-corrected chi connectivity index (χ4v) is 2.12. The topological polar surface area (TPSA) is 90.1 Å². The first-order chi connectivity index (χ1) is 9.11. The molecule has 0 aliphatic heterocycles. The second kappa shape index (κ2) is 5.66. The number of hydrogen-bond donors (Lipinski definition) is 2. The summed E-state index contributed by atoms with van der Waals surface area (Å²) in [5.74, 6) is 0.248. The minimum atomic E-state index is -0.418.